The van der Waals surface area contributed by atoms with Crippen LogP contribution in [0.2, 0.25) is 0 Å². The van der Waals surface area contributed by atoms with Gasteiger partial charge in [0.2, 0.25) is 0 Å². The Balaban J connectivity index is 1.74. The van der Waals surface area contributed by atoms with E-state index in [0.29, 0.717) is 23.7 Å². The van der Waals surface area contributed by atoms with Gasteiger partial charge in [-0.25, -0.2) is 8.42 Å². The standard InChI is InChI=1S/C18H28N2O3S/c1-15-6-3-4-12-20(15)13-5-11-19-18(21)17-9-7-16(8-10-17)14-24(2,22)23/h7-10,15H,3-6,11-14H2,1-2H3,(H,19,21). The second-order valence-corrected chi connectivity index (χ2v) is 8.90. The summed E-state index contributed by atoms with van der Waals surface area (Å²) < 4.78 is 22.5. The minimum Gasteiger partial charge on any atom is -0.352 e. The van der Waals surface area contributed by atoms with Gasteiger partial charge in [0.05, 0.1) is 5.75 Å². The number of benzene rings is 1. The highest BCUT2D eigenvalue weighted by atomic mass is 32.2. The summed E-state index contributed by atoms with van der Waals surface area (Å²) in [5.41, 5.74) is 1.27. The van der Waals surface area contributed by atoms with Crippen LogP contribution < -0.4 is 5.32 Å². The van der Waals surface area contributed by atoms with Gasteiger partial charge in [-0.05, 0) is 50.4 Å². The van der Waals surface area contributed by atoms with Crippen molar-refractivity contribution in [1.29, 1.82) is 0 Å². The molecule has 24 heavy (non-hydrogen) atoms. The van der Waals surface area contributed by atoms with Gasteiger partial charge in [0.15, 0.2) is 9.84 Å². The van der Waals surface area contributed by atoms with Gasteiger partial charge in [-0.3, -0.25) is 4.79 Å². The van der Waals surface area contributed by atoms with E-state index in [-0.39, 0.29) is 11.7 Å². The number of amides is 1. The fraction of sp³-hybridized carbons (Fsp3) is 0.611. The molecule has 0 radical (unpaired) electrons. The monoisotopic (exact) mass is 352 g/mol. The van der Waals surface area contributed by atoms with E-state index in [1.54, 1.807) is 24.3 Å². The predicted molar refractivity (Wildman–Crippen MR) is 96.8 cm³/mol. The van der Waals surface area contributed by atoms with Crippen molar-refractivity contribution in [1.82, 2.24) is 10.2 Å². The molecule has 1 unspecified atom stereocenters. The molecular weight excluding hydrogens is 324 g/mol. The first-order chi connectivity index (χ1) is 11.3. The molecule has 1 saturated heterocycles. The molecule has 0 spiro atoms. The average molecular weight is 353 g/mol. The lowest BCUT2D eigenvalue weighted by Crippen LogP contribution is -2.39. The highest BCUT2D eigenvalue weighted by Crippen LogP contribution is 2.16. The zero-order valence-electron chi connectivity index (χ0n) is 14.6. The number of sulfone groups is 1. The van der Waals surface area contributed by atoms with Crippen molar-refractivity contribution in [2.45, 2.75) is 44.4 Å². The summed E-state index contributed by atoms with van der Waals surface area (Å²) in [5, 5.41) is 2.94. The molecule has 1 aromatic rings. The van der Waals surface area contributed by atoms with E-state index in [1.807, 2.05) is 0 Å². The number of hydrogen-bond acceptors (Lipinski definition) is 4. The van der Waals surface area contributed by atoms with Crippen molar-refractivity contribution < 1.29 is 13.2 Å². The van der Waals surface area contributed by atoms with Crippen LogP contribution >= 0.6 is 0 Å². The largest absolute Gasteiger partial charge is 0.352 e. The Morgan fingerprint density at radius 1 is 1.25 bits per heavy atom. The molecule has 1 aliphatic rings. The molecular formula is C18H28N2O3S. The third kappa shape index (κ3) is 6.24. The summed E-state index contributed by atoms with van der Waals surface area (Å²) in [6.07, 6.45) is 6.02. The molecule has 5 nitrogen and oxygen atoms in total. The topological polar surface area (TPSA) is 66.5 Å². The van der Waals surface area contributed by atoms with E-state index in [1.165, 1.54) is 25.5 Å². The van der Waals surface area contributed by atoms with Crippen molar-refractivity contribution in [2.75, 3.05) is 25.9 Å². The number of nitrogens with zero attached hydrogens (tertiary/aromatic N) is 1. The molecule has 134 valence electrons. The van der Waals surface area contributed by atoms with E-state index in [9.17, 15) is 13.2 Å². The molecule has 1 N–H and O–H groups in total. The zero-order valence-corrected chi connectivity index (χ0v) is 15.4. The maximum atomic E-state index is 12.1. The predicted octanol–water partition coefficient (Wildman–Crippen LogP) is 2.23. The molecule has 2 rings (SSSR count). The van der Waals surface area contributed by atoms with E-state index < -0.39 is 9.84 Å². The molecule has 1 amide bonds. The van der Waals surface area contributed by atoms with Crippen molar-refractivity contribution >= 4 is 15.7 Å². The van der Waals surface area contributed by atoms with Crippen molar-refractivity contribution in [2.24, 2.45) is 0 Å². The minimum absolute atomic E-state index is 0.00290. The molecule has 0 aliphatic carbocycles. The quantitative estimate of drug-likeness (QED) is 0.764. The summed E-state index contributed by atoms with van der Waals surface area (Å²) in [5.74, 6) is -0.101. The first-order valence-electron chi connectivity index (χ1n) is 8.64. The highest BCUT2D eigenvalue weighted by molar-refractivity contribution is 7.89. The van der Waals surface area contributed by atoms with Crippen LogP contribution in [-0.4, -0.2) is 51.2 Å². The van der Waals surface area contributed by atoms with Crippen molar-refractivity contribution in [3.8, 4) is 0 Å². The number of piperidine rings is 1. The van der Waals surface area contributed by atoms with Crippen LogP contribution in [0.5, 0.6) is 0 Å². The van der Waals surface area contributed by atoms with Gasteiger partial charge < -0.3 is 10.2 Å². The first-order valence-corrected chi connectivity index (χ1v) is 10.7. The first kappa shape index (κ1) is 18.9. The number of hydrogen-bond donors (Lipinski definition) is 1. The Morgan fingerprint density at radius 2 is 1.96 bits per heavy atom. The van der Waals surface area contributed by atoms with Crippen LogP contribution in [0.4, 0.5) is 0 Å². The number of nitrogens with one attached hydrogen (secondary N) is 1. The summed E-state index contributed by atoms with van der Waals surface area (Å²) in [7, 11) is -3.05. The normalized spacial score (nSPS) is 19.2. The fourth-order valence-electron chi connectivity index (χ4n) is 3.13. The Morgan fingerprint density at radius 3 is 2.58 bits per heavy atom. The number of rotatable bonds is 7. The number of carbonyl (C=O) groups excluding carboxylic acids is 1. The average Bonchev–Trinajstić information content (AvgIpc) is 2.52. The van der Waals surface area contributed by atoms with Gasteiger partial charge in [0.1, 0.15) is 0 Å². The van der Waals surface area contributed by atoms with Gasteiger partial charge >= 0.3 is 0 Å². The Bertz CT molecular complexity index is 641. The lowest BCUT2D eigenvalue weighted by molar-refractivity contribution is 0.0949. The lowest BCUT2D eigenvalue weighted by Gasteiger charge is -2.33. The van der Waals surface area contributed by atoms with Gasteiger partial charge in [0.25, 0.3) is 5.91 Å². The van der Waals surface area contributed by atoms with E-state index in [4.69, 9.17) is 0 Å². The molecule has 1 fully saturated rings. The van der Waals surface area contributed by atoms with Gasteiger partial charge in [-0.2, -0.15) is 0 Å². The third-order valence-electron chi connectivity index (χ3n) is 4.49. The number of carbonyl (C=O) groups is 1. The molecule has 0 saturated carbocycles. The second-order valence-electron chi connectivity index (χ2n) is 6.76. The Kier molecular flexibility index (Phi) is 6.80. The minimum atomic E-state index is -3.05. The molecule has 1 aromatic carbocycles. The molecule has 6 heteroatoms. The second kappa shape index (κ2) is 8.62. The van der Waals surface area contributed by atoms with Gasteiger partial charge in [0, 0.05) is 31.0 Å². The van der Waals surface area contributed by atoms with Crippen LogP contribution in [0, 0.1) is 0 Å². The summed E-state index contributed by atoms with van der Waals surface area (Å²) in [6, 6.07) is 7.42. The smallest absolute Gasteiger partial charge is 0.251 e. The fourth-order valence-corrected chi connectivity index (χ4v) is 3.93. The molecule has 0 aromatic heterocycles. The van der Waals surface area contributed by atoms with Gasteiger partial charge in [-0.1, -0.05) is 18.6 Å². The summed E-state index contributed by atoms with van der Waals surface area (Å²) >= 11 is 0. The SMILES string of the molecule is CC1CCCCN1CCCNC(=O)c1ccc(CS(C)(=O)=O)cc1. The van der Waals surface area contributed by atoms with E-state index in [0.717, 1.165) is 19.5 Å². The maximum Gasteiger partial charge on any atom is 0.251 e. The maximum absolute atomic E-state index is 12.1. The zero-order chi connectivity index (χ0) is 17.6. The summed E-state index contributed by atoms with van der Waals surface area (Å²) in [4.78, 5) is 14.6. The molecule has 1 heterocycles. The van der Waals surface area contributed by atoms with Gasteiger partial charge in [-0.15, -0.1) is 0 Å². The molecule has 0 bridgehead atoms. The number of likely N-dealkylation sites (tertiary alicyclic amines) is 1. The van der Waals surface area contributed by atoms with Crippen LogP contribution in [0.15, 0.2) is 24.3 Å². The van der Waals surface area contributed by atoms with Crippen molar-refractivity contribution in [3.05, 3.63) is 35.4 Å². The summed E-state index contributed by atoms with van der Waals surface area (Å²) in [6.45, 7) is 5.12. The van der Waals surface area contributed by atoms with Crippen molar-refractivity contribution in [3.63, 3.8) is 0 Å². The lowest BCUT2D eigenvalue weighted by atomic mass is 10.0. The van der Waals surface area contributed by atoms with Crippen LogP contribution in [0.25, 0.3) is 0 Å². The van der Waals surface area contributed by atoms with E-state index in [2.05, 4.69) is 17.1 Å². The Labute approximate surface area is 145 Å². The van der Waals surface area contributed by atoms with Crippen LogP contribution in [-0.2, 0) is 15.6 Å². The molecule has 1 aliphatic heterocycles. The van der Waals surface area contributed by atoms with Crippen LogP contribution in [0.1, 0.15) is 48.5 Å². The Hall–Kier alpha value is -1.40. The van der Waals surface area contributed by atoms with Crippen LogP contribution in [0.3, 0.4) is 0 Å². The molecule has 1 atom stereocenters. The third-order valence-corrected chi connectivity index (χ3v) is 5.35. The highest BCUT2D eigenvalue weighted by Gasteiger charge is 2.17. The van der Waals surface area contributed by atoms with E-state index >= 15 is 0 Å².